The van der Waals surface area contributed by atoms with Crippen molar-refractivity contribution in [1.29, 1.82) is 0 Å². The molecule has 14 heavy (non-hydrogen) atoms. The van der Waals surface area contributed by atoms with Gasteiger partial charge in [-0.3, -0.25) is 0 Å². The number of rotatable bonds is 2. The van der Waals surface area contributed by atoms with E-state index in [0.29, 0.717) is 12.8 Å². The van der Waals surface area contributed by atoms with Crippen LogP contribution in [0.15, 0.2) is 28.0 Å². The van der Waals surface area contributed by atoms with Gasteiger partial charge < -0.3 is 0 Å². The molecule has 76 valence electrons. The molecule has 0 saturated heterocycles. The van der Waals surface area contributed by atoms with Crippen LogP contribution in [0.3, 0.4) is 0 Å². The number of benzene rings is 1. The third-order valence-corrected chi connectivity index (χ3v) is 4.83. The Labute approximate surface area is 87.5 Å². The highest BCUT2D eigenvalue weighted by Crippen LogP contribution is 2.34. The summed E-state index contributed by atoms with van der Waals surface area (Å²) in [6.07, 6.45) is 1.37. The van der Waals surface area contributed by atoms with Crippen molar-refractivity contribution in [2.45, 2.75) is 27.9 Å². The van der Waals surface area contributed by atoms with Crippen LogP contribution in [0.5, 0.6) is 0 Å². The molecule has 0 aromatic heterocycles. The van der Waals surface area contributed by atoms with Gasteiger partial charge in [0.25, 0.3) is 0 Å². The Morgan fingerprint density at radius 2 is 2.00 bits per heavy atom. The molecular weight excluding hydrogens is 223 g/mol. The first-order chi connectivity index (χ1) is 6.51. The van der Waals surface area contributed by atoms with Gasteiger partial charge in [-0.25, -0.2) is 12.8 Å². The maximum absolute atomic E-state index is 13.1. The summed E-state index contributed by atoms with van der Waals surface area (Å²) in [5.41, 5.74) is 0. The van der Waals surface area contributed by atoms with Crippen molar-refractivity contribution in [3.8, 4) is 0 Å². The molecular formula is C9H9FO2S2. The smallest absolute Gasteiger partial charge is 0.181 e. The number of halogens is 1. The van der Waals surface area contributed by atoms with E-state index >= 15 is 0 Å². The molecule has 2 nitrogen and oxygen atoms in total. The SMILES string of the molecule is O=S(=O)(c1ccc(S)c(F)c1)C1CC1. The van der Waals surface area contributed by atoms with Crippen LogP contribution in [0, 0.1) is 5.82 Å². The van der Waals surface area contributed by atoms with Crippen LogP contribution in [-0.2, 0) is 9.84 Å². The molecule has 0 bridgehead atoms. The standard InChI is InChI=1S/C9H9FO2S2/c10-8-5-7(3-4-9(8)13)14(11,12)6-1-2-6/h3-6,13H,1-2H2. The third kappa shape index (κ3) is 1.66. The van der Waals surface area contributed by atoms with Gasteiger partial charge in [-0.05, 0) is 31.0 Å². The molecule has 0 aliphatic heterocycles. The molecule has 1 aromatic rings. The zero-order chi connectivity index (χ0) is 10.3. The highest BCUT2D eigenvalue weighted by atomic mass is 32.2. The van der Waals surface area contributed by atoms with Gasteiger partial charge in [0.05, 0.1) is 10.1 Å². The third-order valence-electron chi connectivity index (χ3n) is 2.21. The van der Waals surface area contributed by atoms with Crippen LogP contribution in [0.2, 0.25) is 0 Å². The van der Waals surface area contributed by atoms with Crippen molar-refractivity contribution in [2.75, 3.05) is 0 Å². The minimum absolute atomic E-state index is 0.0651. The molecule has 1 saturated carbocycles. The van der Waals surface area contributed by atoms with Gasteiger partial charge in [-0.2, -0.15) is 0 Å². The lowest BCUT2D eigenvalue weighted by Gasteiger charge is -2.03. The Hall–Kier alpha value is -0.550. The predicted molar refractivity (Wildman–Crippen MR) is 53.9 cm³/mol. The summed E-state index contributed by atoms with van der Waals surface area (Å²) in [5, 5.41) is -0.298. The molecule has 0 spiro atoms. The fourth-order valence-corrected chi connectivity index (χ4v) is 3.04. The van der Waals surface area contributed by atoms with Crippen LogP contribution in [-0.4, -0.2) is 13.7 Å². The Bertz CT molecular complexity index is 464. The average Bonchev–Trinajstić information content (AvgIpc) is 2.92. The minimum Gasteiger partial charge on any atom is -0.223 e. The van der Waals surface area contributed by atoms with Gasteiger partial charge in [0, 0.05) is 4.90 Å². The molecule has 1 aromatic carbocycles. The molecule has 2 rings (SSSR count). The second-order valence-electron chi connectivity index (χ2n) is 3.36. The first kappa shape index (κ1) is 9.98. The summed E-state index contributed by atoms with van der Waals surface area (Å²) in [6, 6.07) is 3.81. The van der Waals surface area contributed by atoms with Gasteiger partial charge in [-0.15, -0.1) is 12.6 Å². The zero-order valence-electron chi connectivity index (χ0n) is 7.27. The molecule has 0 radical (unpaired) electrons. The van der Waals surface area contributed by atoms with Gasteiger partial charge in [0.2, 0.25) is 0 Å². The van der Waals surface area contributed by atoms with Crippen LogP contribution in [0.4, 0.5) is 4.39 Å². The summed E-state index contributed by atoms with van der Waals surface area (Å²) in [6.45, 7) is 0. The maximum atomic E-state index is 13.1. The summed E-state index contributed by atoms with van der Waals surface area (Å²) in [7, 11) is -3.28. The second kappa shape index (κ2) is 3.24. The quantitative estimate of drug-likeness (QED) is 0.792. The van der Waals surface area contributed by atoms with E-state index < -0.39 is 15.7 Å². The van der Waals surface area contributed by atoms with Gasteiger partial charge in [0.1, 0.15) is 5.82 Å². The molecule has 5 heteroatoms. The fraction of sp³-hybridized carbons (Fsp3) is 0.333. The zero-order valence-corrected chi connectivity index (χ0v) is 8.98. The van der Waals surface area contributed by atoms with Gasteiger partial charge >= 0.3 is 0 Å². The van der Waals surface area contributed by atoms with Crippen molar-refractivity contribution >= 4 is 22.5 Å². The predicted octanol–water partition coefficient (Wildman–Crippen LogP) is 2.05. The Kier molecular flexibility index (Phi) is 2.31. The molecule has 0 amide bonds. The normalized spacial score (nSPS) is 17.0. The maximum Gasteiger partial charge on any atom is 0.181 e. The first-order valence-electron chi connectivity index (χ1n) is 4.24. The molecule has 0 heterocycles. The summed E-state index contributed by atoms with van der Waals surface area (Å²) in [4.78, 5) is 0.232. The van der Waals surface area contributed by atoms with Gasteiger partial charge in [-0.1, -0.05) is 0 Å². The van der Waals surface area contributed by atoms with E-state index in [1.165, 1.54) is 12.1 Å². The van der Waals surface area contributed by atoms with Crippen molar-refractivity contribution < 1.29 is 12.8 Å². The number of hydrogen-bond acceptors (Lipinski definition) is 3. The lowest BCUT2D eigenvalue weighted by molar-refractivity contribution is 0.582. The lowest BCUT2D eigenvalue weighted by atomic mass is 10.3. The van der Waals surface area contributed by atoms with Crippen molar-refractivity contribution in [1.82, 2.24) is 0 Å². The van der Waals surface area contributed by atoms with E-state index in [4.69, 9.17) is 0 Å². The monoisotopic (exact) mass is 232 g/mol. The molecule has 0 atom stereocenters. The topological polar surface area (TPSA) is 34.1 Å². The van der Waals surface area contributed by atoms with Crippen LogP contribution in [0.25, 0.3) is 0 Å². The molecule has 1 aliphatic carbocycles. The van der Waals surface area contributed by atoms with Crippen molar-refractivity contribution in [2.24, 2.45) is 0 Å². The van der Waals surface area contributed by atoms with E-state index in [2.05, 4.69) is 12.6 Å². The molecule has 1 aliphatic rings. The fourth-order valence-electron chi connectivity index (χ4n) is 1.24. The summed E-state index contributed by atoms with van der Waals surface area (Å²) >= 11 is 3.84. The molecule has 1 fully saturated rings. The number of sulfone groups is 1. The highest BCUT2D eigenvalue weighted by molar-refractivity contribution is 7.92. The lowest BCUT2D eigenvalue weighted by Crippen LogP contribution is -2.07. The largest absolute Gasteiger partial charge is 0.223 e. The van der Waals surface area contributed by atoms with Crippen LogP contribution in [0.1, 0.15) is 12.8 Å². The summed E-state index contributed by atoms with van der Waals surface area (Å²) < 4.78 is 36.4. The van der Waals surface area contributed by atoms with E-state index in [-0.39, 0.29) is 15.0 Å². The van der Waals surface area contributed by atoms with Crippen molar-refractivity contribution in [3.05, 3.63) is 24.0 Å². The number of hydrogen-bond donors (Lipinski definition) is 1. The highest BCUT2D eigenvalue weighted by Gasteiger charge is 2.37. The van der Waals surface area contributed by atoms with E-state index in [1.54, 1.807) is 0 Å². The van der Waals surface area contributed by atoms with E-state index in [9.17, 15) is 12.8 Å². The Morgan fingerprint density at radius 1 is 1.36 bits per heavy atom. The van der Waals surface area contributed by atoms with E-state index in [1.807, 2.05) is 0 Å². The Morgan fingerprint density at radius 3 is 2.50 bits per heavy atom. The second-order valence-corrected chi connectivity index (χ2v) is 6.07. The molecule has 0 N–H and O–H groups in total. The first-order valence-corrected chi connectivity index (χ1v) is 6.23. The van der Waals surface area contributed by atoms with E-state index in [0.717, 1.165) is 6.07 Å². The van der Waals surface area contributed by atoms with Crippen LogP contribution < -0.4 is 0 Å². The Balaban J connectivity index is 2.46. The molecule has 0 unspecified atom stereocenters. The average molecular weight is 232 g/mol. The number of thiol groups is 1. The minimum atomic E-state index is -3.28. The van der Waals surface area contributed by atoms with Crippen LogP contribution >= 0.6 is 12.6 Å². The van der Waals surface area contributed by atoms with Crippen molar-refractivity contribution in [3.63, 3.8) is 0 Å². The summed E-state index contributed by atoms with van der Waals surface area (Å²) in [5.74, 6) is -0.588. The van der Waals surface area contributed by atoms with Gasteiger partial charge in [0.15, 0.2) is 9.84 Å².